The van der Waals surface area contributed by atoms with E-state index in [-0.39, 0.29) is 24.0 Å². The van der Waals surface area contributed by atoms with Gasteiger partial charge in [0.2, 0.25) is 0 Å². The minimum atomic E-state index is -1.94. The van der Waals surface area contributed by atoms with Crippen LogP contribution in [0.2, 0.25) is 0 Å². The molecule has 5 N–H and O–H groups in total. The zero-order valence-electron chi connectivity index (χ0n) is 23.6. The zero-order chi connectivity index (χ0) is 28.1. The van der Waals surface area contributed by atoms with Gasteiger partial charge in [0.1, 0.15) is 11.4 Å². The van der Waals surface area contributed by atoms with Gasteiger partial charge in [-0.05, 0) is 68.8 Å². The summed E-state index contributed by atoms with van der Waals surface area (Å²) in [4.78, 5) is 27.4. The normalized spacial score (nSPS) is 47.1. The number of rotatable bonds is 4. The number of hydrogen-bond acceptors (Lipinski definition) is 7. The Kier molecular flexibility index (Phi) is 6.43. The second kappa shape index (κ2) is 8.31. The molecule has 10 atom stereocenters. The summed E-state index contributed by atoms with van der Waals surface area (Å²) in [7, 11) is 0. The van der Waals surface area contributed by atoms with Crippen molar-refractivity contribution in [1.82, 2.24) is 0 Å². The molecule has 37 heavy (non-hydrogen) atoms. The molecule has 4 aliphatic carbocycles. The predicted molar refractivity (Wildman–Crippen MR) is 139 cm³/mol. The molecule has 0 radical (unpaired) electrons. The topological polar surface area (TPSA) is 135 Å². The largest absolute Gasteiger partial charge is 0.393 e. The van der Waals surface area contributed by atoms with Gasteiger partial charge >= 0.3 is 0 Å². The van der Waals surface area contributed by atoms with Crippen LogP contribution in [0.5, 0.6) is 0 Å². The highest BCUT2D eigenvalue weighted by Gasteiger charge is 2.74. The molecule has 0 bridgehead atoms. The van der Waals surface area contributed by atoms with Crippen LogP contribution in [-0.2, 0) is 9.59 Å². The SMILES string of the molecule is CC(C)(O)/C=C\C(=O)[C@](C)(O)[C@H]1[C@H](O)C[C@@]2(C)[C@@H]3CC=C4[C@@H](C[C@H](O)[C@@H](O)C4(C)C)[C@]3(C)C(=O)C[C@]12C. The Labute approximate surface area is 220 Å². The minimum Gasteiger partial charge on any atom is -0.393 e. The number of aliphatic hydroxyl groups excluding tert-OH is 3. The van der Waals surface area contributed by atoms with Gasteiger partial charge < -0.3 is 25.5 Å². The van der Waals surface area contributed by atoms with Crippen molar-refractivity contribution in [2.45, 2.75) is 111 Å². The number of Topliss-reactive ketones (excluding diaryl/α,β-unsaturated/α-hetero) is 1. The number of allylic oxidation sites excluding steroid dienone is 1. The van der Waals surface area contributed by atoms with Crippen LogP contribution >= 0.6 is 0 Å². The van der Waals surface area contributed by atoms with Gasteiger partial charge in [0.05, 0.1) is 23.9 Å². The molecule has 4 rings (SSSR count). The number of hydrogen-bond donors (Lipinski definition) is 5. The van der Waals surface area contributed by atoms with Gasteiger partial charge in [0.25, 0.3) is 0 Å². The first kappa shape index (κ1) is 28.6. The van der Waals surface area contributed by atoms with E-state index in [2.05, 4.69) is 13.0 Å². The van der Waals surface area contributed by atoms with E-state index >= 15 is 0 Å². The van der Waals surface area contributed by atoms with E-state index in [1.807, 2.05) is 27.7 Å². The number of aliphatic hydroxyl groups is 5. The second-order valence-electron chi connectivity index (χ2n) is 14.4. The molecule has 7 nitrogen and oxygen atoms in total. The Bertz CT molecular complexity index is 1050. The number of ketones is 2. The van der Waals surface area contributed by atoms with E-state index in [9.17, 15) is 35.1 Å². The van der Waals surface area contributed by atoms with Crippen LogP contribution in [0.15, 0.2) is 23.8 Å². The molecular formula is C30H46O7. The summed E-state index contributed by atoms with van der Waals surface area (Å²) < 4.78 is 0. The maximum atomic E-state index is 14.2. The lowest BCUT2D eigenvalue weighted by Crippen LogP contribution is -2.65. The van der Waals surface area contributed by atoms with Crippen molar-refractivity contribution in [1.29, 1.82) is 0 Å². The third-order valence-electron chi connectivity index (χ3n) is 11.4. The Morgan fingerprint density at radius 3 is 2.16 bits per heavy atom. The molecule has 3 saturated carbocycles. The fourth-order valence-electron chi connectivity index (χ4n) is 9.15. The molecule has 0 unspecified atom stereocenters. The molecule has 0 aromatic heterocycles. The monoisotopic (exact) mass is 518 g/mol. The van der Waals surface area contributed by atoms with Gasteiger partial charge in [-0.15, -0.1) is 0 Å². The minimum absolute atomic E-state index is 0.0156. The summed E-state index contributed by atoms with van der Waals surface area (Å²) in [6.07, 6.45) is 3.10. The van der Waals surface area contributed by atoms with Gasteiger partial charge in [-0.3, -0.25) is 9.59 Å². The van der Waals surface area contributed by atoms with Crippen molar-refractivity contribution in [3.05, 3.63) is 23.8 Å². The third kappa shape index (κ3) is 3.79. The maximum absolute atomic E-state index is 14.2. The number of fused-ring (bicyclic) bond motifs is 5. The van der Waals surface area contributed by atoms with Crippen LogP contribution in [0.25, 0.3) is 0 Å². The highest BCUT2D eigenvalue weighted by molar-refractivity contribution is 5.97. The maximum Gasteiger partial charge on any atom is 0.187 e. The van der Waals surface area contributed by atoms with Crippen molar-refractivity contribution >= 4 is 11.6 Å². The van der Waals surface area contributed by atoms with Crippen LogP contribution in [0, 0.1) is 39.4 Å². The van der Waals surface area contributed by atoms with Crippen molar-refractivity contribution in [2.75, 3.05) is 0 Å². The lowest BCUT2D eigenvalue weighted by Gasteiger charge is -2.65. The molecule has 7 heteroatoms. The fourth-order valence-corrected chi connectivity index (χ4v) is 9.15. The molecular weight excluding hydrogens is 472 g/mol. The summed E-state index contributed by atoms with van der Waals surface area (Å²) >= 11 is 0. The Morgan fingerprint density at radius 1 is 1.00 bits per heavy atom. The van der Waals surface area contributed by atoms with Gasteiger partial charge in [0, 0.05) is 23.2 Å². The summed E-state index contributed by atoms with van der Waals surface area (Å²) in [6.45, 7) is 14.3. The molecule has 4 aliphatic rings. The predicted octanol–water partition coefficient (Wildman–Crippen LogP) is 2.72. The molecule has 0 spiro atoms. The van der Waals surface area contributed by atoms with Crippen LogP contribution in [0.3, 0.4) is 0 Å². The Morgan fingerprint density at radius 2 is 1.59 bits per heavy atom. The third-order valence-corrected chi connectivity index (χ3v) is 11.4. The Balaban J connectivity index is 1.79. The quantitative estimate of drug-likeness (QED) is 0.285. The summed E-state index contributed by atoms with van der Waals surface area (Å²) in [5, 5.41) is 54.6. The number of carbonyl (C=O) groups is 2. The summed E-state index contributed by atoms with van der Waals surface area (Å²) in [5.41, 5.74) is -5.07. The lowest BCUT2D eigenvalue weighted by molar-refractivity contribution is -0.186. The molecule has 0 amide bonds. The van der Waals surface area contributed by atoms with Crippen molar-refractivity contribution < 1.29 is 35.1 Å². The number of carbonyl (C=O) groups excluding carboxylic acids is 2. The molecule has 208 valence electrons. The summed E-state index contributed by atoms with van der Waals surface area (Å²) in [5.74, 6) is -1.88. The van der Waals surface area contributed by atoms with Gasteiger partial charge in [0.15, 0.2) is 5.78 Å². The average Bonchev–Trinajstić information content (AvgIpc) is 2.96. The molecule has 0 aromatic carbocycles. The lowest BCUT2D eigenvalue weighted by atomic mass is 9.38. The highest BCUT2D eigenvalue weighted by Crippen LogP contribution is 2.74. The van der Waals surface area contributed by atoms with E-state index in [4.69, 9.17) is 0 Å². The first-order valence-corrected chi connectivity index (χ1v) is 13.6. The van der Waals surface area contributed by atoms with Crippen molar-refractivity contribution in [2.24, 2.45) is 39.4 Å². The molecule has 3 fully saturated rings. The van der Waals surface area contributed by atoms with E-state index < -0.39 is 62.9 Å². The fraction of sp³-hybridized carbons (Fsp3) is 0.800. The first-order valence-electron chi connectivity index (χ1n) is 13.6. The second-order valence-corrected chi connectivity index (χ2v) is 14.4. The van der Waals surface area contributed by atoms with Crippen LogP contribution in [0.4, 0.5) is 0 Å². The Hall–Kier alpha value is -1.38. The van der Waals surface area contributed by atoms with E-state index in [0.29, 0.717) is 19.3 Å². The van der Waals surface area contributed by atoms with Crippen molar-refractivity contribution in [3.63, 3.8) is 0 Å². The molecule has 0 saturated heterocycles. The van der Waals surface area contributed by atoms with Gasteiger partial charge in [-0.25, -0.2) is 0 Å². The molecule has 0 aliphatic heterocycles. The smallest absolute Gasteiger partial charge is 0.187 e. The van der Waals surface area contributed by atoms with Gasteiger partial charge in [-0.2, -0.15) is 0 Å². The van der Waals surface area contributed by atoms with Crippen molar-refractivity contribution in [3.8, 4) is 0 Å². The standard InChI is InChI=1S/C30H46O7/c1-25(2,36)12-11-21(33)30(8,37)23-19(32)14-27(5)20-10-9-16-17(13-18(31)24(35)26(16,3)4)29(20,7)22(34)15-28(23,27)6/h9,11-12,17-20,23-24,31-32,35-37H,10,13-15H2,1-8H3/b12-11-/t17-,18+,19-,20+,23+,24-,27+,28-,29+,30+/m1/s1. The van der Waals surface area contributed by atoms with Gasteiger partial charge in [-0.1, -0.05) is 52.3 Å². The molecule has 0 heterocycles. The average molecular weight is 519 g/mol. The van der Waals surface area contributed by atoms with E-state index in [1.54, 1.807) is 0 Å². The molecule has 0 aromatic rings. The summed E-state index contributed by atoms with van der Waals surface area (Å²) in [6, 6.07) is 0. The highest BCUT2D eigenvalue weighted by atomic mass is 16.3. The van der Waals surface area contributed by atoms with Crippen LogP contribution in [0.1, 0.15) is 81.1 Å². The van der Waals surface area contributed by atoms with E-state index in [1.165, 1.54) is 32.9 Å². The zero-order valence-corrected chi connectivity index (χ0v) is 23.6. The first-order chi connectivity index (χ1) is 16.7. The van der Waals surface area contributed by atoms with Crippen LogP contribution in [-0.4, -0.2) is 66.6 Å². The van der Waals surface area contributed by atoms with E-state index in [0.717, 1.165) is 5.57 Å². The van der Waals surface area contributed by atoms with Crippen LogP contribution < -0.4 is 0 Å².